The number of para-hydroxylation sites is 1. The normalized spacial score (nSPS) is 10.8. The molecule has 6 heteroatoms. The highest BCUT2D eigenvalue weighted by atomic mass is 16.4. The summed E-state index contributed by atoms with van der Waals surface area (Å²) in [5.74, 6) is -1.07. The van der Waals surface area contributed by atoms with Crippen LogP contribution in [0.25, 0.3) is 16.6 Å². The quantitative estimate of drug-likeness (QED) is 0.752. The lowest BCUT2D eigenvalue weighted by atomic mass is 10.1. The summed E-state index contributed by atoms with van der Waals surface area (Å²) in [5.41, 5.74) is 0.723. The highest BCUT2D eigenvalue weighted by Crippen LogP contribution is 2.12. The lowest BCUT2D eigenvalue weighted by molar-refractivity contribution is 0.0697. The number of H-pyrrole nitrogens is 1. The Kier molecular flexibility index (Phi) is 3.14. The first-order valence-electron chi connectivity index (χ1n) is 6.57. The average Bonchev–Trinajstić information content (AvgIpc) is 2.49. The molecule has 0 atom stereocenters. The molecule has 0 fully saturated rings. The van der Waals surface area contributed by atoms with Gasteiger partial charge in [0.25, 0.3) is 5.56 Å². The molecule has 0 aliphatic carbocycles. The minimum atomic E-state index is -1.07. The van der Waals surface area contributed by atoms with Gasteiger partial charge in [0.2, 0.25) is 0 Å². The molecular formula is C16H12N2O4. The number of hydrogen-bond acceptors (Lipinski definition) is 3. The van der Waals surface area contributed by atoms with Crippen LogP contribution in [0.3, 0.4) is 0 Å². The van der Waals surface area contributed by atoms with Gasteiger partial charge in [0, 0.05) is 0 Å². The topological polar surface area (TPSA) is 92.2 Å². The Morgan fingerprint density at radius 2 is 1.77 bits per heavy atom. The van der Waals surface area contributed by atoms with Crippen molar-refractivity contribution in [3.8, 4) is 5.69 Å². The number of hydrogen-bond donors (Lipinski definition) is 2. The Morgan fingerprint density at radius 1 is 1.09 bits per heavy atom. The highest BCUT2D eigenvalue weighted by molar-refractivity contribution is 5.87. The van der Waals surface area contributed by atoms with E-state index in [4.69, 9.17) is 5.11 Å². The fourth-order valence-corrected chi connectivity index (χ4v) is 2.38. The number of fused-ring (bicyclic) bond motifs is 1. The van der Waals surface area contributed by atoms with E-state index in [0.717, 1.165) is 10.1 Å². The second-order valence-electron chi connectivity index (χ2n) is 4.92. The Labute approximate surface area is 124 Å². The van der Waals surface area contributed by atoms with Crippen molar-refractivity contribution in [2.75, 3.05) is 0 Å². The number of aryl methyl sites for hydroxylation is 1. The van der Waals surface area contributed by atoms with Crippen molar-refractivity contribution in [3.05, 3.63) is 74.4 Å². The Morgan fingerprint density at radius 3 is 2.41 bits per heavy atom. The standard InChI is InChI=1S/C16H12N2O4/c1-9-3-2-4-12-13(9)17-16(22)18(14(12)19)11-7-5-10(6-8-11)15(20)21/h2-8H,1H3,(H,17,22)(H,20,21). The van der Waals surface area contributed by atoms with Gasteiger partial charge in [-0.1, -0.05) is 12.1 Å². The number of nitrogens with zero attached hydrogens (tertiary/aromatic N) is 1. The van der Waals surface area contributed by atoms with Crippen molar-refractivity contribution in [2.45, 2.75) is 6.92 Å². The number of benzene rings is 2. The molecular weight excluding hydrogens is 284 g/mol. The number of carbonyl (C=O) groups is 1. The van der Waals surface area contributed by atoms with E-state index in [9.17, 15) is 14.4 Å². The van der Waals surface area contributed by atoms with Gasteiger partial charge < -0.3 is 10.1 Å². The van der Waals surface area contributed by atoms with Gasteiger partial charge in [-0.05, 0) is 42.8 Å². The zero-order valence-electron chi connectivity index (χ0n) is 11.7. The Balaban J connectivity index is 2.30. The second-order valence-corrected chi connectivity index (χ2v) is 4.92. The number of carboxylic acid groups (broad SMARTS) is 1. The van der Waals surface area contributed by atoms with Gasteiger partial charge in [0.1, 0.15) is 0 Å². The van der Waals surface area contributed by atoms with E-state index in [1.165, 1.54) is 24.3 Å². The first-order valence-corrected chi connectivity index (χ1v) is 6.57. The third-order valence-corrected chi connectivity index (χ3v) is 3.51. The summed E-state index contributed by atoms with van der Waals surface area (Å²) in [6.07, 6.45) is 0. The summed E-state index contributed by atoms with van der Waals surface area (Å²) in [5, 5.41) is 9.30. The molecule has 0 bridgehead atoms. The minimum Gasteiger partial charge on any atom is -0.478 e. The van der Waals surface area contributed by atoms with Crippen LogP contribution in [-0.4, -0.2) is 20.6 Å². The molecule has 3 rings (SSSR count). The molecule has 0 aliphatic rings. The van der Waals surface area contributed by atoms with Crippen LogP contribution in [0, 0.1) is 6.92 Å². The zero-order valence-corrected chi connectivity index (χ0v) is 11.7. The molecule has 0 unspecified atom stereocenters. The Hall–Kier alpha value is -3.15. The van der Waals surface area contributed by atoms with Crippen molar-refractivity contribution in [3.63, 3.8) is 0 Å². The van der Waals surface area contributed by atoms with Gasteiger partial charge in [-0.3, -0.25) is 4.79 Å². The molecule has 2 aromatic carbocycles. The molecule has 0 amide bonds. The molecule has 110 valence electrons. The van der Waals surface area contributed by atoms with Crippen LogP contribution in [0.2, 0.25) is 0 Å². The molecule has 0 radical (unpaired) electrons. The van der Waals surface area contributed by atoms with Crippen LogP contribution in [0.1, 0.15) is 15.9 Å². The van der Waals surface area contributed by atoms with E-state index in [1.54, 1.807) is 12.1 Å². The van der Waals surface area contributed by atoms with Crippen molar-refractivity contribution in [1.82, 2.24) is 9.55 Å². The summed E-state index contributed by atoms with van der Waals surface area (Å²) in [7, 11) is 0. The molecule has 0 spiro atoms. The van der Waals surface area contributed by atoms with E-state index in [0.29, 0.717) is 16.6 Å². The molecule has 0 saturated carbocycles. The number of rotatable bonds is 2. The van der Waals surface area contributed by atoms with Gasteiger partial charge in [0.15, 0.2) is 0 Å². The largest absolute Gasteiger partial charge is 0.478 e. The number of nitrogens with one attached hydrogen (secondary N) is 1. The van der Waals surface area contributed by atoms with Gasteiger partial charge in [0.05, 0.1) is 22.2 Å². The van der Waals surface area contributed by atoms with Crippen molar-refractivity contribution >= 4 is 16.9 Å². The minimum absolute atomic E-state index is 0.0878. The van der Waals surface area contributed by atoms with E-state index >= 15 is 0 Å². The van der Waals surface area contributed by atoms with Gasteiger partial charge in [-0.2, -0.15) is 0 Å². The lowest BCUT2D eigenvalue weighted by Crippen LogP contribution is -2.33. The second kappa shape index (κ2) is 5.00. The first kappa shape index (κ1) is 13.8. The molecule has 22 heavy (non-hydrogen) atoms. The molecule has 0 saturated heterocycles. The van der Waals surface area contributed by atoms with Crippen molar-refractivity contribution in [2.24, 2.45) is 0 Å². The monoisotopic (exact) mass is 296 g/mol. The average molecular weight is 296 g/mol. The maximum atomic E-state index is 12.5. The van der Waals surface area contributed by atoms with Crippen LogP contribution in [0.15, 0.2) is 52.1 Å². The maximum Gasteiger partial charge on any atom is 0.335 e. The van der Waals surface area contributed by atoms with Crippen LogP contribution in [-0.2, 0) is 0 Å². The van der Waals surface area contributed by atoms with E-state index in [1.807, 2.05) is 13.0 Å². The summed E-state index contributed by atoms with van der Waals surface area (Å²) < 4.78 is 0.993. The van der Waals surface area contributed by atoms with Crippen LogP contribution in [0.5, 0.6) is 0 Å². The van der Waals surface area contributed by atoms with Crippen LogP contribution in [0.4, 0.5) is 0 Å². The van der Waals surface area contributed by atoms with Crippen molar-refractivity contribution in [1.29, 1.82) is 0 Å². The van der Waals surface area contributed by atoms with E-state index in [2.05, 4.69) is 4.98 Å². The summed E-state index contributed by atoms with van der Waals surface area (Å²) >= 11 is 0. The number of aromatic nitrogens is 2. The smallest absolute Gasteiger partial charge is 0.335 e. The van der Waals surface area contributed by atoms with Crippen molar-refractivity contribution < 1.29 is 9.90 Å². The molecule has 3 aromatic rings. The van der Waals surface area contributed by atoms with Gasteiger partial charge >= 0.3 is 11.7 Å². The molecule has 1 heterocycles. The number of aromatic carboxylic acids is 1. The molecule has 1 aromatic heterocycles. The van der Waals surface area contributed by atoms with E-state index in [-0.39, 0.29) is 5.56 Å². The van der Waals surface area contributed by atoms with Gasteiger partial charge in [-0.25, -0.2) is 14.2 Å². The van der Waals surface area contributed by atoms with Crippen LogP contribution < -0.4 is 11.2 Å². The summed E-state index contributed by atoms with van der Waals surface area (Å²) in [6, 6.07) is 10.8. The third kappa shape index (κ3) is 2.10. The molecule has 0 aliphatic heterocycles. The SMILES string of the molecule is Cc1cccc2c(=O)n(-c3ccc(C(=O)O)cc3)c(=O)[nH]c12. The summed E-state index contributed by atoms with van der Waals surface area (Å²) in [4.78, 5) is 38.3. The third-order valence-electron chi connectivity index (χ3n) is 3.51. The predicted octanol–water partition coefficient (Wildman–Crippen LogP) is 1.69. The highest BCUT2D eigenvalue weighted by Gasteiger charge is 2.11. The number of carboxylic acids is 1. The maximum absolute atomic E-state index is 12.5. The predicted molar refractivity (Wildman–Crippen MR) is 81.9 cm³/mol. The van der Waals surface area contributed by atoms with Crippen LogP contribution >= 0.6 is 0 Å². The number of aromatic amines is 1. The summed E-state index contributed by atoms with van der Waals surface area (Å²) in [6.45, 7) is 1.81. The van der Waals surface area contributed by atoms with E-state index < -0.39 is 17.2 Å². The molecule has 6 nitrogen and oxygen atoms in total. The molecule has 2 N–H and O–H groups in total. The Bertz CT molecular complexity index is 997. The fourth-order valence-electron chi connectivity index (χ4n) is 2.38. The first-order chi connectivity index (χ1) is 10.5. The zero-order chi connectivity index (χ0) is 15.9. The lowest BCUT2D eigenvalue weighted by Gasteiger charge is -2.08. The fraction of sp³-hybridized carbons (Fsp3) is 0.0625. The van der Waals surface area contributed by atoms with Gasteiger partial charge in [-0.15, -0.1) is 0 Å².